The van der Waals surface area contributed by atoms with Gasteiger partial charge in [0.1, 0.15) is 5.65 Å². The van der Waals surface area contributed by atoms with Crippen molar-refractivity contribution in [2.24, 2.45) is 4.99 Å². The highest BCUT2D eigenvalue weighted by Crippen LogP contribution is 2.26. The third kappa shape index (κ3) is 3.99. The van der Waals surface area contributed by atoms with Crippen LogP contribution in [-0.4, -0.2) is 53.3 Å². The van der Waals surface area contributed by atoms with Crippen LogP contribution in [0.1, 0.15) is 12.0 Å². The first-order valence-corrected chi connectivity index (χ1v) is 8.27. The minimum absolute atomic E-state index is 0.242. The Labute approximate surface area is 146 Å². The van der Waals surface area contributed by atoms with Gasteiger partial charge in [-0.15, -0.1) is 0 Å². The Hall–Kier alpha value is -2.24. The van der Waals surface area contributed by atoms with E-state index in [4.69, 9.17) is 11.6 Å². The number of hydrogen-bond acceptors (Lipinski definition) is 4. The lowest BCUT2D eigenvalue weighted by atomic mass is 10.1. The Kier molecular flexibility index (Phi) is 5.23. The normalized spacial score (nSPS) is 11.8. The number of aromatic nitrogens is 3. The van der Waals surface area contributed by atoms with Gasteiger partial charge in [-0.2, -0.15) is 4.98 Å². The van der Waals surface area contributed by atoms with Crippen LogP contribution >= 0.6 is 11.6 Å². The van der Waals surface area contributed by atoms with E-state index in [0.29, 0.717) is 0 Å². The number of nitrogens with one attached hydrogen (secondary N) is 1. The molecule has 5 nitrogen and oxygen atoms in total. The van der Waals surface area contributed by atoms with Crippen LogP contribution in [0.2, 0.25) is 5.28 Å². The molecule has 0 aliphatic carbocycles. The lowest BCUT2D eigenvalue weighted by Crippen LogP contribution is -2.13. The van der Waals surface area contributed by atoms with Crippen molar-refractivity contribution in [2.45, 2.75) is 6.42 Å². The minimum Gasteiger partial charge on any atom is -0.346 e. The molecule has 0 radical (unpaired) electrons. The van der Waals surface area contributed by atoms with E-state index in [1.807, 2.05) is 42.7 Å². The number of fused-ring (bicyclic) bond motifs is 1. The first kappa shape index (κ1) is 16.6. The number of nitrogens with zero attached hydrogens (tertiary/aromatic N) is 4. The summed E-state index contributed by atoms with van der Waals surface area (Å²) in [5.74, 6) is 0. The largest absolute Gasteiger partial charge is 0.346 e. The molecule has 2 heterocycles. The molecule has 0 amide bonds. The standard InChI is InChI=1S/C18H20ClN5/c1-24(2)11-3-9-20-12-13-4-6-14(7-5-13)16-15-8-10-21-17(15)23-18(19)22-16/h4-8,10,12H,3,9,11H2,1-2H3,(H,21,22,23). The maximum Gasteiger partial charge on any atom is 0.224 e. The third-order valence-corrected chi connectivity index (χ3v) is 3.87. The highest BCUT2D eigenvalue weighted by Gasteiger charge is 2.09. The fourth-order valence-electron chi connectivity index (χ4n) is 2.51. The van der Waals surface area contributed by atoms with Gasteiger partial charge in [0, 0.05) is 29.9 Å². The maximum atomic E-state index is 6.02. The quantitative estimate of drug-likeness (QED) is 0.423. The van der Waals surface area contributed by atoms with E-state index in [-0.39, 0.29) is 5.28 Å². The predicted molar refractivity (Wildman–Crippen MR) is 100.0 cm³/mol. The molecule has 124 valence electrons. The van der Waals surface area contributed by atoms with Crippen molar-refractivity contribution in [2.75, 3.05) is 27.2 Å². The zero-order chi connectivity index (χ0) is 16.9. The highest BCUT2D eigenvalue weighted by molar-refractivity contribution is 6.28. The fraction of sp³-hybridized carbons (Fsp3) is 0.278. The van der Waals surface area contributed by atoms with E-state index in [9.17, 15) is 0 Å². The van der Waals surface area contributed by atoms with Crippen molar-refractivity contribution in [3.8, 4) is 11.3 Å². The average molecular weight is 342 g/mol. The van der Waals surface area contributed by atoms with Crippen molar-refractivity contribution in [3.63, 3.8) is 0 Å². The van der Waals surface area contributed by atoms with Gasteiger partial charge in [0.25, 0.3) is 0 Å². The van der Waals surface area contributed by atoms with E-state index >= 15 is 0 Å². The van der Waals surface area contributed by atoms with E-state index in [1.165, 1.54) is 0 Å². The molecule has 1 aromatic carbocycles. The molecule has 0 unspecified atom stereocenters. The van der Waals surface area contributed by atoms with Gasteiger partial charge in [-0.05, 0) is 50.3 Å². The monoisotopic (exact) mass is 341 g/mol. The number of H-pyrrole nitrogens is 1. The Morgan fingerprint density at radius 1 is 1.17 bits per heavy atom. The average Bonchev–Trinajstić information content (AvgIpc) is 3.02. The highest BCUT2D eigenvalue weighted by atomic mass is 35.5. The van der Waals surface area contributed by atoms with Gasteiger partial charge in [0.15, 0.2) is 0 Å². The van der Waals surface area contributed by atoms with E-state index in [2.05, 4.69) is 38.9 Å². The second-order valence-electron chi connectivity index (χ2n) is 5.90. The van der Waals surface area contributed by atoms with Crippen LogP contribution in [0.5, 0.6) is 0 Å². The summed E-state index contributed by atoms with van der Waals surface area (Å²) in [5.41, 5.74) is 3.67. The van der Waals surface area contributed by atoms with E-state index in [0.717, 1.165) is 47.4 Å². The molecular weight excluding hydrogens is 322 g/mol. The van der Waals surface area contributed by atoms with Gasteiger partial charge >= 0.3 is 0 Å². The van der Waals surface area contributed by atoms with E-state index < -0.39 is 0 Å². The molecule has 1 N–H and O–H groups in total. The summed E-state index contributed by atoms with van der Waals surface area (Å²) in [7, 11) is 4.15. The van der Waals surface area contributed by atoms with Crippen LogP contribution in [0.15, 0.2) is 41.5 Å². The summed E-state index contributed by atoms with van der Waals surface area (Å²) in [6.45, 7) is 1.89. The fourth-order valence-corrected chi connectivity index (χ4v) is 2.68. The van der Waals surface area contributed by atoms with Crippen LogP contribution in [0.25, 0.3) is 22.3 Å². The first-order valence-electron chi connectivity index (χ1n) is 7.89. The summed E-state index contributed by atoms with van der Waals surface area (Å²) in [5, 5.41) is 1.20. The van der Waals surface area contributed by atoms with Gasteiger partial charge in [0.2, 0.25) is 5.28 Å². The van der Waals surface area contributed by atoms with Crippen LogP contribution in [0, 0.1) is 0 Å². The number of benzene rings is 1. The molecule has 0 bridgehead atoms. The van der Waals surface area contributed by atoms with Gasteiger partial charge in [-0.3, -0.25) is 4.99 Å². The van der Waals surface area contributed by atoms with E-state index in [1.54, 1.807) is 0 Å². The van der Waals surface area contributed by atoms with Crippen molar-refractivity contribution < 1.29 is 0 Å². The number of halogens is 1. The van der Waals surface area contributed by atoms with Crippen molar-refractivity contribution >= 4 is 28.8 Å². The second kappa shape index (κ2) is 7.55. The number of rotatable bonds is 6. The zero-order valence-electron chi connectivity index (χ0n) is 13.8. The molecule has 0 spiro atoms. The topological polar surface area (TPSA) is 57.2 Å². The summed E-state index contributed by atoms with van der Waals surface area (Å²) >= 11 is 6.02. The summed E-state index contributed by atoms with van der Waals surface area (Å²) in [6.07, 6.45) is 4.82. The van der Waals surface area contributed by atoms with Crippen LogP contribution in [0.3, 0.4) is 0 Å². The Morgan fingerprint density at radius 2 is 1.96 bits per heavy atom. The molecular formula is C18H20ClN5. The molecule has 0 saturated heterocycles. The van der Waals surface area contributed by atoms with Crippen molar-refractivity contribution in [3.05, 3.63) is 47.4 Å². The van der Waals surface area contributed by atoms with Crippen LogP contribution < -0.4 is 0 Å². The minimum atomic E-state index is 0.242. The Balaban J connectivity index is 1.74. The molecule has 0 aliphatic heterocycles. The predicted octanol–water partition coefficient (Wildman–Crippen LogP) is 3.65. The molecule has 3 rings (SSSR count). The van der Waals surface area contributed by atoms with Gasteiger partial charge < -0.3 is 9.88 Å². The lowest BCUT2D eigenvalue weighted by Gasteiger charge is -2.06. The third-order valence-electron chi connectivity index (χ3n) is 3.71. The SMILES string of the molecule is CN(C)CCCN=Cc1ccc(-c2nc(Cl)nc3[nH]ccc23)cc1. The summed E-state index contributed by atoms with van der Waals surface area (Å²) < 4.78 is 0. The van der Waals surface area contributed by atoms with Crippen molar-refractivity contribution in [1.29, 1.82) is 0 Å². The molecule has 0 atom stereocenters. The molecule has 6 heteroatoms. The second-order valence-corrected chi connectivity index (χ2v) is 6.23. The Bertz CT molecular complexity index is 836. The van der Waals surface area contributed by atoms with Gasteiger partial charge in [-0.25, -0.2) is 4.98 Å². The lowest BCUT2D eigenvalue weighted by molar-refractivity contribution is 0.403. The van der Waals surface area contributed by atoms with Gasteiger partial charge in [0.05, 0.1) is 5.69 Å². The summed E-state index contributed by atoms with van der Waals surface area (Å²) in [4.78, 5) is 18.3. The molecule has 0 saturated carbocycles. The number of aliphatic imine (C=N–C) groups is 1. The van der Waals surface area contributed by atoms with Crippen molar-refractivity contribution in [1.82, 2.24) is 19.9 Å². The van der Waals surface area contributed by atoms with Crippen LogP contribution in [-0.2, 0) is 0 Å². The molecule has 24 heavy (non-hydrogen) atoms. The first-order chi connectivity index (χ1) is 11.6. The molecule has 2 aromatic heterocycles. The smallest absolute Gasteiger partial charge is 0.224 e. The number of aromatic amines is 1. The Morgan fingerprint density at radius 3 is 2.71 bits per heavy atom. The number of hydrogen-bond donors (Lipinski definition) is 1. The zero-order valence-corrected chi connectivity index (χ0v) is 14.6. The molecule has 0 fully saturated rings. The molecule has 3 aromatic rings. The van der Waals surface area contributed by atoms with Gasteiger partial charge in [-0.1, -0.05) is 24.3 Å². The summed E-state index contributed by atoms with van der Waals surface area (Å²) in [6, 6.07) is 10.1. The van der Waals surface area contributed by atoms with Crippen LogP contribution in [0.4, 0.5) is 0 Å². The maximum absolute atomic E-state index is 6.02. The molecule has 0 aliphatic rings.